The summed E-state index contributed by atoms with van der Waals surface area (Å²) >= 11 is 0. The van der Waals surface area contributed by atoms with Crippen molar-refractivity contribution in [3.8, 4) is 0 Å². The number of benzene rings is 2. The van der Waals surface area contributed by atoms with E-state index in [-0.39, 0.29) is 23.4 Å². The average molecular weight is 371 g/mol. The van der Waals surface area contributed by atoms with Crippen LogP contribution in [0.4, 0.5) is 15.8 Å². The van der Waals surface area contributed by atoms with E-state index in [1.807, 2.05) is 0 Å². The number of nitrogens with one attached hydrogen (secondary N) is 1. The number of nitrogens with zero attached hydrogens (tertiary/aromatic N) is 2. The van der Waals surface area contributed by atoms with Crippen LogP contribution >= 0.6 is 0 Å². The average Bonchev–Trinajstić information content (AvgIpc) is 2.68. The number of nitro groups is 1. The molecule has 0 aliphatic carbocycles. The molecule has 140 valence electrons. The number of carbonyl (C=O) groups is 2. The van der Waals surface area contributed by atoms with Crippen LogP contribution in [0.25, 0.3) is 0 Å². The monoisotopic (exact) mass is 371 g/mol. The van der Waals surface area contributed by atoms with Crippen LogP contribution in [0, 0.1) is 21.8 Å². The summed E-state index contributed by atoms with van der Waals surface area (Å²) in [5.74, 6) is -1.08. The number of non-ortho nitro benzene ring substituents is 1. The highest BCUT2D eigenvalue weighted by molar-refractivity contribution is 5.95. The zero-order valence-corrected chi connectivity index (χ0v) is 14.4. The minimum atomic E-state index is -0.519. The smallest absolute Gasteiger partial charge is 0.271 e. The number of anilines is 1. The van der Waals surface area contributed by atoms with Crippen LogP contribution in [0.2, 0.25) is 0 Å². The van der Waals surface area contributed by atoms with Gasteiger partial charge in [-0.3, -0.25) is 19.7 Å². The van der Waals surface area contributed by atoms with Gasteiger partial charge in [-0.15, -0.1) is 0 Å². The number of halogens is 1. The number of hydrogen-bond acceptors (Lipinski definition) is 4. The van der Waals surface area contributed by atoms with E-state index in [2.05, 4.69) is 5.32 Å². The Labute approximate surface area is 154 Å². The Balaban J connectivity index is 1.56. The minimum absolute atomic E-state index is 0.0903. The van der Waals surface area contributed by atoms with Gasteiger partial charge in [0.2, 0.25) is 5.91 Å². The van der Waals surface area contributed by atoms with Crippen molar-refractivity contribution in [3.63, 3.8) is 0 Å². The molecule has 0 saturated carbocycles. The fourth-order valence-corrected chi connectivity index (χ4v) is 3.06. The molecule has 1 aliphatic rings. The number of hydrogen-bond donors (Lipinski definition) is 1. The number of amides is 2. The first-order valence-corrected chi connectivity index (χ1v) is 8.54. The number of piperidine rings is 1. The van der Waals surface area contributed by atoms with Gasteiger partial charge in [-0.25, -0.2) is 4.39 Å². The van der Waals surface area contributed by atoms with Crippen molar-refractivity contribution in [1.29, 1.82) is 0 Å². The molecule has 0 spiro atoms. The normalized spacial score (nSPS) is 14.6. The van der Waals surface area contributed by atoms with E-state index in [1.165, 1.54) is 42.5 Å². The molecule has 0 unspecified atom stereocenters. The van der Waals surface area contributed by atoms with Crippen molar-refractivity contribution < 1.29 is 18.9 Å². The molecule has 2 aromatic carbocycles. The van der Waals surface area contributed by atoms with Gasteiger partial charge >= 0.3 is 0 Å². The van der Waals surface area contributed by atoms with Crippen molar-refractivity contribution in [2.75, 3.05) is 18.4 Å². The first kappa shape index (κ1) is 18.5. The minimum Gasteiger partial charge on any atom is -0.339 e. The van der Waals surface area contributed by atoms with Crippen molar-refractivity contribution in [3.05, 3.63) is 70.0 Å². The SMILES string of the molecule is O=C(Nc1cccc([N+](=O)[O-])c1)C1CCN(C(=O)c2ccc(F)cc2)CC1. The fraction of sp³-hybridized carbons (Fsp3) is 0.263. The van der Waals surface area contributed by atoms with Crippen molar-refractivity contribution >= 4 is 23.2 Å². The highest BCUT2D eigenvalue weighted by Crippen LogP contribution is 2.23. The summed E-state index contributed by atoms with van der Waals surface area (Å²) in [6.45, 7) is 0.840. The van der Waals surface area contributed by atoms with Crippen molar-refractivity contribution in [2.24, 2.45) is 5.92 Å². The van der Waals surface area contributed by atoms with Gasteiger partial charge in [-0.1, -0.05) is 6.07 Å². The third-order valence-electron chi connectivity index (χ3n) is 4.57. The molecular weight excluding hydrogens is 353 g/mol. The zero-order valence-electron chi connectivity index (χ0n) is 14.4. The Morgan fingerprint density at radius 2 is 1.78 bits per heavy atom. The predicted octanol–water partition coefficient (Wildman–Crippen LogP) is 3.22. The topological polar surface area (TPSA) is 92.5 Å². The lowest BCUT2D eigenvalue weighted by molar-refractivity contribution is -0.384. The number of rotatable bonds is 4. The van der Waals surface area contributed by atoms with E-state index in [1.54, 1.807) is 11.0 Å². The second-order valence-electron chi connectivity index (χ2n) is 6.37. The molecule has 0 aromatic heterocycles. The van der Waals surface area contributed by atoms with Gasteiger partial charge in [-0.2, -0.15) is 0 Å². The van der Waals surface area contributed by atoms with Gasteiger partial charge in [0.25, 0.3) is 11.6 Å². The maximum atomic E-state index is 13.0. The summed E-state index contributed by atoms with van der Waals surface area (Å²) in [7, 11) is 0. The standard InChI is InChI=1S/C19H18FN3O4/c20-15-6-4-14(5-7-15)19(25)22-10-8-13(9-11-22)18(24)21-16-2-1-3-17(12-16)23(26)27/h1-7,12-13H,8-11H2,(H,21,24). The number of carbonyl (C=O) groups excluding carboxylic acids is 2. The lowest BCUT2D eigenvalue weighted by Gasteiger charge is -2.31. The van der Waals surface area contributed by atoms with E-state index in [0.717, 1.165) is 0 Å². The van der Waals surface area contributed by atoms with E-state index in [9.17, 15) is 24.1 Å². The Kier molecular flexibility index (Phi) is 5.44. The van der Waals surface area contributed by atoms with Gasteiger partial charge in [0.05, 0.1) is 4.92 Å². The van der Waals surface area contributed by atoms with E-state index in [4.69, 9.17) is 0 Å². The lowest BCUT2D eigenvalue weighted by Crippen LogP contribution is -2.41. The van der Waals surface area contributed by atoms with Gasteiger partial charge in [-0.05, 0) is 43.2 Å². The van der Waals surface area contributed by atoms with E-state index >= 15 is 0 Å². The molecule has 27 heavy (non-hydrogen) atoms. The maximum Gasteiger partial charge on any atom is 0.271 e. The maximum absolute atomic E-state index is 13.0. The fourth-order valence-electron chi connectivity index (χ4n) is 3.06. The van der Waals surface area contributed by atoms with Crippen molar-refractivity contribution in [2.45, 2.75) is 12.8 Å². The molecular formula is C19H18FN3O4. The largest absolute Gasteiger partial charge is 0.339 e. The number of nitro benzene ring substituents is 1. The van der Waals surface area contributed by atoms with Crippen LogP contribution in [0.3, 0.4) is 0 Å². The predicted molar refractivity (Wildman–Crippen MR) is 96.8 cm³/mol. The molecule has 0 atom stereocenters. The summed E-state index contributed by atoms with van der Waals surface area (Å²) in [6.07, 6.45) is 0.987. The van der Waals surface area contributed by atoms with Gasteiger partial charge in [0.1, 0.15) is 5.82 Å². The molecule has 1 N–H and O–H groups in total. The Morgan fingerprint density at radius 1 is 1.11 bits per heavy atom. The summed E-state index contributed by atoms with van der Waals surface area (Å²) < 4.78 is 13.0. The summed E-state index contributed by atoms with van der Waals surface area (Å²) in [6, 6.07) is 11.1. The zero-order chi connectivity index (χ0) is 19.4. The Morgan fingerprint density at radius 3 is 2.41 bits per heavy atom. The van der Waals surface area contributed by atoms with Crippen LogP contribution in [0.5, 0.6) is 0 Å². The third-order valence-corrected chi connectivity index (χ3v) is 4.57. The summed E-state index contributed by atoms with van der Waals surface area (Å²) in [4.78, 5) is 36.8. The number of likely N-dealkylation sites (tertiary alicyclic amines) is 1. The van der Waals surface area contributed by atoms with Crippen LogP contribution in [0.1, 0.15) is 23.2 Å². The van der Waals surface area contributed by atoms with Crippen LogP contribution < -0.4 is 5.32 Å². The van der Waals surface area contributed by atoms with E-state index < -0.39 is 10.7 Å². The van der Waals surface area contributed by atoms with Crippen molar-refractivity contribution in [1.82, 2.24) is 4.90 Å². The van der Waals surface area contributed by atoms with Gasteiger partial charge in [0.15, 0.2) is 0 Å². The Hall–Kier alpha value is -3.29. The first-order chi connectivity index (χ1) is 12.9. The third kappa shape index (κ3) is 4.46. The Bertz CT molecular complexity index is 862. The summed E-state index contributed by atoms with van der Waals surface area (Å²) in [5.41, 5.74) is 0.697. The molecule has 1 heterocycles. The molecule has 1 saturated heterocycles. The second-order valence-corrected chi connectivity index (χ2v) is 6.37. The van der Waals surface area contributed by atoms with Crippen LogP contribution in [-0.4, -0.2) is 34.7 Å². The first-order valence-electron chi connectivity index (χ1n) is 8.54. The quantitative estimate of drug-likeness (QED) is 0.660. The molecule has 2 amide bonds. The highest BCUT2D eigenvalue weighted by atomic mass is 19.1. The lowest BCUT2D eigenvalue weighted by atomic mass is 9.95. The molecule has 0 bridgehead atoms. The van der Waals surface area contributed by atoms with Gasteiger partial charge < -0.3 is 10.2 Å². The summed E-state index contributed by atoms with van der Waals surface area (Å²) in [5, 5.41) is 13.5. The van der Waals surface area contributed by atoms with Gasteiger partial charge in [0, 0.05) is 42.4 Å². The van der Waals surface area contributed by atoms with Crippen LogP contribution in [-0.2, 0) is 4.79 Å². The molecule has 7 nitrogen and oxygen atoms in total. The van der Waals surface area contributed by atoms with E-state index in [0.29, 0.717) is 37.2 Å². The molecule has 0 radical (unpaired) electrons. The highest BCUT2D eigenvalue weighted by Gasteiger charge is 2.28. The molecule has 2 aromatic rings. The van der Waals surface area contributed by atoms with Crippen LogP contribution in [0.15, 0.2) is 48.5 Å². The second kappa shape index (κ2) is 7.94. The molecule has 3 rings (SSSR count). The molecule has 1 aliphatic heterocycles. The molecule has 1 fully saturated rings. The molecule has 8 heteroatoms.